The minimum Gasteiger partial charge on any atom is -0.496 e. The van der Waals surface area contributed by atoms with Crippen molar-refractivity contribution >= 4 is 29.0 Å². The van der Waals surface area contributed by atoms with E-state index in [1.807, 2.05) is 49.4 Å². The maximum Gasteiger partial charge on any atom is 0.419 e. The highest BCUT2D eigenvalue weighted by atomic mass is 35.5. The third-order valence-corrected chi connectivity index (χ3v) is 5.98. The van der Waals surface area contributed by atoms with Crippen LogP contribution in [0.3, 0.4) is 0 Å². The fourth-order valence-electron chi connectivity index (χ4n) is 3.97. The van der Waals surface area contributed by atoms with Gasteiger partial charge in [-0.3, -0.25) is 0 Å². The number of alkyl halides is 3. The molecule has 0 saturated heterocycles. The molecule has 0 bridgehead atoms. The van der Waals surface area contributed by atoms with E-state index in [1.165, 1.54) is 11.1 Å². The molecule has 2 amide bonds. The Hall–Kier alpha value is -3.52. The molecule has 1 aliphatic heterocycles. The summed E-state index contributed by atoms with van der Waals surface area (Å²) < 4.78 is 44.3. The first-order valence-corrected chi connectivity index (χ1v) is 10.7. The number of carbonyl (C=O) groups is 1. The molecule has 0 aromatic heterocycles. The van der Waals surface area contributed by atoms with Crippen LogP contribution in [0, 0.1) is 0 Å². The largest absolute Gasteiger partial charge is 0.496 e. The summed E-state index contributed by atoms with van der Waals surface area (Å²) in [6.07, 6.45) is -4.57. The molecule has 3 aromatic rings. The van der Waals surface area contributed by atoms with Gasteiger partial charge in [0.05, 0.1) is 30.3 Å². The molecule has 5 nitrogen and oxygen atoms in total. The third-order valence-electron chi connectivity index (χ3n) is 5.73. The third kappa shape index (κ3) is 4.59. The molecule has 1 heterocycles. The van der Waals surface area contributed by atoms with Crippen LogP contribution in [0.25, 0.3) is 0 Å². The minimum atomic E-state index is -4.57. The Morgan fingerprint density at radius 1 is 1.09 bits per heavy atom. The number of nitrogens with zero attached hydrogens (tertiary/aromatic N) is 2. The van der Waals surface area contributed by atoms with Crippen molar-refractivity contribution in [1.29, 1.82) is 0 Å². The van der Waals surface area contributed by atoms with Crippen LogP contribution in [-0.4, -0.2) is 30.4 Å². The Morgan fingerprint density at radius 3 is 2.38 bits per heavy atom. The first-order valence-electron chi connectivity index (χ1n) is 10.4. The lowest BCUT2D eigenvalue weighted by molar-refractivity contribution is -0.138. The van der Waals surface area contributed by atoms with Crippen molar-refractivity contribution in [1.82, 2.24) is 5.01 Å². The van der Waals surface area contributed by atoms with Crippen LogP contribution in [0.5, 0.6) is 5.75 Å². The van der Waals surface area contributed by atoms with Gasteiger partial charge in [0.2, 0.25) is 0 Å². The number of urea groups is 1. The van der Waals surface area contributed by atoms with E-state index < -0.39 is 23.2 Å². The molecule has 9 heteroatoms. The van der Waals surface area contributed by atoms with Crippen molar-refractivity contribution in [2.75, 3.05) is 19.0 Å². The number of rotatable bonds is 4. The van der Waals surface area contributed by atoms with E-state index in [0.29, 0.717) is 10.7 Å². The molecule has 0 fully saturated rings. The average Bonchev–Trinajstić information content (AvgIpc) is 3.18. The first kappa shape index (κ1) is 23.6. The molecule has 1 unspecified atom stereocenters. The van der Waals surface area contributed by atoms with Crippen molar-refractivity contribution in [2.45, 2.75) is 18.5 Å². The molecule has 1 aliphatic rings. The van der Waals surface area contributed by atoms with Crippen LogP contribution in [0.15, 0.2) is 77.9 Å². The van der Waals surface area contributed by atoms with E-state index in [4.69, 9.17) is 16.3 Å². The van der Waals surface area contributed by atoms with Crippen molar-refractivity contribution in [3.63, 3.8) is 0 Å². The van der Waals surface area contributed by atoms with E-state index in [2.05, 4.69) is 10.4 Å². The molecule has 4 rings (SSSR count). The second-order valence-electron chi connectivity index (χ2n) is 8.05. The Labute approximate surface area is 199 Å². The van der Waals surface area contributed by atoms with Gasteiger partial charge in [0.25, 0.3) is 0 Å². The van der Waals surface area contributed by atoms with E-state index in [0.717, 1.165) is 30.4 Å². The van der Waals surface area contributed by atoms with Gasteiger partial charge in [-0.1, -0.05) is 54.1 Å². The van der Waals surface area contributed by atoms with Gasteiger partial charge in [-0.15, -0.1) is 0 Å². The van der Waals surface area contributed by atoms with Gasteiger partial charge in [-0.25, -0.2) is 9.80 Å². The zero-order valence-electron chi connectivity index (χ0n) is 18.4. The number of hydrazone groups is 1. The van der Waals surface area contributed by atoms with Crippen LogP contribution < -0.4 is 10.1 Å². The van der Waals surface area contributed by atoms with Crippen molar-refractivity contribution in [3.05, 3.63) is 94.5 Å². The lowest BCUT2D eigenvalue weighted by Crippen LogP contribution is -2.38. The lowest BCUT2D eigenvalue weighted by atomic mass is 9.76. The van der Waals surface area contributed by atoms with Crippen LogP contribution >= 0.6 is 11.6 Å². The van der Waals surface area contributed by atoms with Crippen LogP contribution in [0.1, 0.15) is 23.6 Å². The Morgan fingerprint density at radius 2 is 1.76 bits per heavy atom. The topological polar surface area (TPSA) is 53.9 Å². The Bertz CT molecular complexity index is 1230. The Kier molecular flexibility index (Phi) is 6.27. The quantitative estimate of drug-likeness (QED) is 0.452. The minimum absolute atomic E-state index is 0.159. The standard InChI is InChI=1S/C25H21ClF3N3O2/c1-24(17-6-4-3-5-7-17)15-32(31-22(24)16-8-10-18(26)11-9-16)23(33)30-19-12-13-20(25(27,28)29)21(14-19)34-2/h3-14H,15H2,1-2H3,(H,30,33). The molecule has 0 saturated carbocycles. The van der Waals surface area contributed by atoms with E-state index >= 15 is 0 Å². The zero-order chi connectivity index (χ0) is 24.5. The van der Waals surface area contributed by atoms with Crippen LogP contribution in [0.2, 0.25) is 5.02 Å². The summed E-state index contributed by atoms with van der Waals surface area (Å²) in [7, 11) is 1.14. The lowest BCUT2D eigenvalue weighted by Gasteiger charge is -2.27. The Balaban J connectivity index is 1.65. The summed E-state index contributed by atoms with van der Waals surface area (Å²) >= 11 is 6.04. The maximum atomic E-state index is 13.1. The second-order valence-corrected chi connectivity index (χ2v) is 8.49. The SMILES string of the molecule is COc1cc(NC(=O)N2CC(C)(c3ccccc3)C(c3ccc(Cl)cc3)=N2)ccc1C(F)(F)F. The monoisotopic (exact) mass is 487 g/mol. The number of halogens is 4. The van der Waals surface area contributed by atoms with E-state index in [1.54, 1.807) is 12.1 Å². The summed E-state index contributed by atoms with van der Waals surface area (Å²) in [4.78, 5) is 13.1. The highest BCUT2D eigenvalue weighted by molar-refractivity contribution is 6.30. The number of ether oxygens (including phenoxy) is 1. The van der Waals surface area contributed by atoms with E-state index in [-0.39, 0.29) is 18.0 Å². The zero-order valence-corrected chi connectivity index (χ0v) is 19.1. The van der Waals surface area contributed by atoms with Crippen LogP contribution in [0.4, 0.5) is 23.7 Å². The molecular weight excluding hydrogens is 467 g/mol. The number of benzene rings is 3. The normalized spacial score (nSPS) is 17.9. The van der Waals surface area contributed by atoms with Gasteiger partial charge in [-0.05, 0) is 42.3 Å². The fourth-order valence-corrected chi connectivity index (χ4v) is 4.09. The first-order chi connectivity index (χ1) is 16.1. The van der Waals surface area contributed by atoms with Gasteiger partial charge in [0, 0.05) is 16.8 Å². The van der Waals surface area contributed by atoms with Crippen molar-refractivity contribution < 1.29 is 22.7 Å². The van der Waals surface area contributed by atoms with Crippen molar-refractivity contribution in [2.24, 2.45) is 5.10 Å². The molecule has 1 N–H and O–H groups in total. The maximum absolute atomic E-state index is 13.1. The van der Waals surface area contributed by atoms with Gasteiger partial charge < -0.3 is 10.1 Å². The number of methoxy groups -OCH3 is 1. The molecule has 3 aromatic carbocycles. The summed E-state index contributed by atoms with van der Waals surface area (Å²) in [6, 6.07) is 19.5. The van der Waals surface area contributed by atoms with Gasteiger partial charge >= 0.3 is 12.2 Å². The van der Waals surface area contributed by atoms with Gasteiger partial charge in [0.1, 0.15) is 5.75 Å². The number of amides is 2. The second kappa shape index (κ2) is 9.02. The predicted octanol–water partition coefficient (Wildman–Crippen LogP) is 6.58. The summed E-state index contributed by atoms with van der Waals surface area (Å²) in [5.74, 6) is -0.383. The number of hydrogen-bond acceptors (Lipinski definition) is 3. The smallest absolute Gasteiger partial charge is 0.419 e. The van der Waals surface area contributed by atoms with Crippen LogP contribution in [-0.2, 0) is 11.6 Å². The van der Waals surface area contributed by atoms with Gasteiger partial charge in [0.15, 0.2) is 0 Å². The van der Waals surface area contributed by atoms with Gasteiger partial charge in [-0.2, -0.15) is 18.3 Å². The highest BCUT2D eigenvalue weighted by Crippen LogP contribution is 2.38. The number of nitrogens with one attached hydrogen (secondary N) is 1. The highest BCUT2D eigenvalue weighted by Gasteiger charge is 2.43. The van der Waals surface area contributed by atoms with E-state index in [9.17, 15) is 18.0 Å². The summed E-state index contributed by atoms with van der Waals surface area (Å²) in [6.45, 7) is 2.22. The molecule has 0 radical (unpaired) electrons. The summed E-state index contributed by atoms with van der Waals surface area (Å²) in [5.41, 5.74) is 1.07. The summed E-state index contributed by atoms with van der Waals surface area (Å²) in [5, 5.41) is 9.07. The van der Waals surface area contributed by atoms with Crippen molar-refractivity contribution in [3.8, 4) is 5.75 Å². The average molecular weight is 488 g/mol. The number of hydrogen-bond donors (Lipinski definition) is 1. The number of carbonyl (C=O) groups excluding carboxylic acids is 1. The molecule has 176 valence electrons. The molecular formula is C25H21ClF3N3O2. The molecule has 1 atom stereocenters. The fraction of sp³-hybridized carbons (Fsp3) is 0.200. The predicted molar refractivity (Wildman–Crippen MR) is 126 cm³/mol. The molecule has 0 aliphatic carbocycles. The molecule has 34 heavy (non-hydrogen) atoms. The number of anilines is 1. The molecule has 0 spiro atoms.